The van der Waals surface area contributed by atoms with Crippen molar-refractivity contribution in [2.45, 2.75) is 45.1 Å². The van der Waals surface area contributed by atoms with E-state index in [1.165, 1.54) is 37.2 Å². The van der Waals surface area contributed by atoms with Crippen molar-refractivity contribution in [3.63, 3.8) is 0 Å². The third kappa shape index (κ3) is 8.69. The Labute approximate surface area is 222 Å². The van der Waals surface area contributed by atoms with Gasteiger partial charge in [0.05, 0.1) is 6.61 Å². The molecule has 1 saturated heterocycles. The molecular weight excluding hydrogens is 496 g/mol. The first-order valence-corrected chi connectivity index (χ1v) is 13.8. The van der Waals surface area contributed by atoms with E-state index in [-0.39, 0.29) is 12.7 Å². The van der Waals surface area contributed by atoms with Gasteiger partial charge >= 0.3 is 0 Å². The summed E-state index contributed by atoms with van der Waals surface area (Å²) in [5.74, 6) is 2.33. The smallest absolute Gasteiger partial charge is 0.231 e. The van der Waals surface area contributed by atoms with Crippen molar-refractivity contribution in [3.05, 3.63) is 46.8 Å². The fourth-order valence-corrected chi connectivity index (χ4v) is 5.07. The second-order valence-electron chi connectivity index (χ2n) is 8.75. The standard InChI is InChI=1S/C26H34N4O4S2/c31-25(7-6-11-28-26(35)29-20-8-9-23-24(15-20)34-19-33-23)27-10-2-5-14-32-21-16-22(36-18-21)17-30-12-3-1-4-13-30/h2,8-10,15-16,18H,1,3-7,11-14,17,19H2,(H,27,31)(H2,28,29,35)/b10-2-. The summed E-state index contributed by atoms with van der Waals surface area (Å²) in [4.78, 5) is 15.9. The number of fused-ring (bicyclic) bond motifs is 1. The quantitative estimate of drug-likeness (QED) is 0.271. The molecule has 194 valence electrons. The molecule has 0 atom stereocenters. The molecule has 8 nitrogen and oxygen atoms in total. The van der Waals surface area contributed by atoms with E-state index in [1.807, 2.05) is 24.3 Å². The number of anilines is 1. The van der Waals surface area contributed by atoms with Crippen LogP contribution in [0.5, 0.6) is 17.2 Å². The average molecular weight is 531 g/mol. The van der Waals surface area contributed by atoms with Gasteiger partial charge in [-0.25, -0.2) is 0 Å². The maximum absolute atomic E-state index is 12.0. The monoisotopic (exact) mass is 530 g/mol. The Balaban J connectivity index is 1.01. The molecule has 2 aliphatic rings. The van der Waals surface area contributed by atoms with Crippen molar-refractivity contribution in [1.82, 2.24) is 15.5 Å². The highest BCUT2D eigenvalue weighted by atomic mass is 32.1. The van der Waals surface area contributed by atoms with Gasteiger partial charge in [0.1, 0.15) is 5.75 Å². The molecule has 4 rings (SSSR count). The fraction of sp³-hybridized carbons (Fsp3) is 0.462. The Kier molecular flexibility index (Phi) is 10.2. The number of hydrogen-bond acceptors (Lipinski definition) is 7. The molecule has 0 radical (unpaired) electrons. The molecule has 3 heterocycles. The van der Waals surface area contributed by atoms with Gasteiger partial charge in [-0.15, -0.1) is 11.3 Å². The molecule has 0 saturated carbocycles. The topological polar surface area (TPSA) is 84.1 Å². The molecular formula is C26H34N4O4S2. The van der Waals surface area contributed by atoms with Gasteiger partial charge in [0, 0.05) is 47.9 Å². The molecule has 1 aromatic heterocycles. The van der Waals surface area contributed by atoms with Crippen LogP contribution >= 0.6 is 23.6 Å². The van der Waals surface area contributed by atoms with Gasteiger partial charge < -0.3 is 30.2 Å². The van der Waals surface area contributed by atoms with Crippen LogP contribution in [-0.4, -0.2) is 49.0 Å². The van der Waals surface area contributed by atoms with Crippen molar-refractivity contribution in [3.8, 4) is 17.2 Å². The molecule has 0 bridgehead atoms. The number of nitrogens with zero attached hydrogens (tertiary/aromatic N) is 1. The molecule has 3 N–H and O–H groups in total. The lowest BCUT2D eigenvalue weighted by atomic mass is 10.1. The minimum Gasteiger partial charge on any atom is -0.492 e. The number of likely N-dealkylation sites (tertiary alicyclic amines) is 1. The lowest BCUT2D eigenvalue weighted by molar-refractivity contribution is -0.120. The van der Waals surface area contributed by atoms with E-state index in [1.54, 1.807) is 17.5 Å². The van der Waals surface area contributed by atoms with E-state index in [2.05, 4.69) is 32.3 Å². The first kappa shape index (κ1) is 26.2. The molecule has 2 aromatic rings. The summed E-state index contributed by atoms with van der Waals surface area (Å²) >= 11 is 7.07. The third-order valence-electron chi connectivity index (χ3n) is 5.87. The molecule has 0 spiro atoms. The Morgan fingerprint density at radius 2 is 2.03 bits per heavy atom. The van der Waals surface area contributed by atoms with Crippen LogP contribution in [-0.2, 0) is 11.3 Å². The molecule has 0 unspecified atom stereocenters. The minimum atomic E-state index is -0.0243. The summed E-state index contributed by atoms with van der Waals surface area (Å²) in [6.07, 6.45) is 9.41. The number of thiocarbonyl (C=S) groups is 1. The number of carbonyl (C=O) groups is 1. The number of benzene rings is 1. The van der Waals surface area contributed by atoms with Crippen molar-refractivity contribution in [2.75, 3.05) is 38.4 Å². The predicted octanol–water partition coefficient (Wildman–Crippen LogP) is 4.63. The lowest BCUT2D eigenvalue weighted by Crippen LogP contribution is -2.30. The minimum absolute atomic E-state index is 0.0243. The number of amides is 1. The van der Waals surface area contributed by atoms with E-state index in [0.717, 1.165) is 30.2 Å². The second-order valence-corrected chi connectivity index (χ2v) is 10.1. The predicted molar refractivity (Wildman–Crippen MR) is 147 cm³/mol. The first-order chi connectivity index (χ1) is 17.7. The number of hydrogen-bond donors (Lipinski definition) is 3. The van der Waals surface area contributed by atoms with Crippen LogP contribution in [0.2, 0.25) is 0 Å². The first-order valence-electron chi connectivity index (χ1n) is 12.5. The van der Waals surface area contributed by atoms with Crippen LogP contribution in [0.4, 0.5) is 5.69 Å². The van der Waals surface area contributed by atoms with Crippen LogP contribution in [0.3, 0.4) is 0 Å². The van der Waals surface area contributed by atoms with Crippen LogP contribution in [0.25, 0.3) is 0 Å². The van der Waals surface area contributed by atoms with Crippen molar-refractivity contribution < 1.29 is 19.0 Å². The fourth-order valence-electron chi connectivity index (χ4n) is 4.01. The largest absolute Gasteiger partial charge is 0.492 e. The van der Waals surface area contributed by atoms with Gasteiger partial charge in [-0.1, -0.05) is 12.5 Å². The van der Waals surface area contributed by atoms with E-state index in [9.17, 15) is 4.79 Å². The highest BCUT2D eigenvalue weighted by Gasteiger charge is 2.14. The van der Waals surface area contributed by atoms with Crippen molar-refractivity contribution in [2.24, 2.45) is 0 Å². The van der Waals surface area contributed by atoms with Gasteiger partial charge in [-0.3, -0.25) is 9.69 Å². The summed E-state index contributed by atoms with van der Waals surface area (Å²) < 4.78 is 16.5. The zero-order valence-electron chi connectivity index (χ0n) is 20.4. The zero-order valence-corrected chi connectivity index (χ0v) is 22.1. The molecule has 1 amide bonds. The Morgan fingerprint density at radius 3 is 2.92 bits per heavy atom. The van der Waals surface area contributed by atoms with E-state index < -0.39 is 0 Å². The summed E-state index contributed by atoms with van der Waals surface area (Å²) in [7, 11) is 0. The summed E-state index contributed by atoms with van der Waals surface area (Å²) in [6, 6.07) is 7.71. The maximum atomic E-state index is 12.0. The van der Waals surface area contributed by atoms with Crippen LogP contribution in [0.1, 0.15) is 43.4 Å². The average Bonchev–Trinajstić information content (AvgIpc) is 3.53. The number of ether oxygens (including phenoxy) is 3. The van der Waals surface area contributed by atoms with E-state index in [4.69, 9.17) is 26.4 Å². The molecule has 1 aromatic carbocycles. The van der Waals surface area contributed by atoms with Gasteiger partial charge in [-0.05, 0) is 69.0 Å². The van der Waals surface area contributed by atoms with Crippen LogP contribution < -0.4 is 30.2 Å². The zero-order chi connectivity index (χ0) is 25.0. The number of thiophene rings is 1. The second kappa shape index (κ2) is 14.1. The third-order valence-corrected chi connectivity index (χ3v) is 7.02. The normalized spacial score (nSPS) is 15.1. The van der Waals surface area contributed by atoms with Gasteiger partial charge in [0.15, 0.2) is 16.6 Å². The number of carbonyl (C=O) groups excluding carboxylic acids is 1. The van der Waals surface area contributed by atoms with Crippen molar-refractivity contribution in [1.29, 1.82) is 0 Å². The van der Waals surface area contributed by atoms with Gasteiger partial charge in [0.2, 0.25) is 12.7 Å². The maximum Gasteiger partial charge on any atom is 0.231 e. The lowest BCUT2D eigenvalue weighted by Gasteiger charge is -2.25. The Bertz CT molecular complexity index is 1040. The molecule has 0 aliphatic carbocycles. The highest BCUT2D eigenvalue weighted by Crippen LogP contribution is 2.34. The summed E-state index contributed by atoms with van der Waals surface area (Å²) in [5.41, 5.74) is 0.820. The van der Waals surface area contributed by atoms with Gasteiger partial charge in [0.25, 0.3) is 0 Å². The number of nitrogens with one attached hydrogen (secondary N) is 3. The van der Waals surface area contributed by atoms with Gasteiger partial charge in [-0.2, -0.15) is 0 Å². The summed E-state index contributed by atoms with van der Waals surface area (Å²) in [6.45, 7) is 4.85. The summed E-state index contributed by atoms with van der Waals surface area (Å²) in [5, 5.41) is 11.6. The molecule has 2 aliphatic heterocycles. The van der Waals surface area contributed by atoms with Crippen LogP contribution in [0, 0.1) is 0 Å². The Hall–Kier alpha value is -2.82. The number of piperidine rings is 1. The SMILES string of the molecule is O=C(CCCNC(=S)Nc1ccc2c(c1)OCO2)N/C=C\CCOc1csc(CN2CCCCC2)c1. The van der Waals surface area contributed by atoms with E-state index in [0.29, 0.717) is 36.9 Å². The van der Waals surface area contributed by atoms with Crippen molar-refractivity contribution >= 4 is 40.3 Å². The molecule has 36 heavy (non-hydrogen) atoms. The highest BCUT2D eigenvalue weighted by molar-refractivity contribution is 7.80. The van der Waals surface area contributed by atoms with Crippen LogP contribution in [0.15, 0.2) is 41.9 Å². The Morgan fingerprint density at radius 1 is 1.17 bits per heavy atom. The molecule has 1 fully saturated rings. The molecule has 10 heteroatoms. The number of rotatable bonds is 12. The van der Waals surface area contributed by atoms with E-state index >= 15 is 0 Å².